The molecule has 2 aromatic carbocycles. The van der Waals surface area contributed by atoms with Gasteiger partial charge < -0.3 is 10.6 Å². The third kappa shape index (κ3) is 14.7. The van der Waals surface area contributed by atoms with Crippen LogP contribution in [0.4, 0.5) is 11.4 Å². The summed E-state index contributed by atoms with van der Waals surface area (Å²) in [6, 6.07) is 16.9. The molecule has 5 rings (SSSR count). The Morgan fingerprint density at radius 3 is 1.11 bits per heavy atom. The summed E-state index contributed by atoms with van der Waals surface area (Å²) in [5.74, 6) is 1.46. The number of aromatic nitrogens is 1. The average Bonchev–Trinajstić information content (AvgIpc) is 3.97. The summed E-state index contributed by atoms with van der Waals surface area (Å²) in [6.07, 6.45) is 30.5. The number of rotatable bonds is 24. The van der Waals surface area contributed by atoms with Crippen molar-refractivity contribution in [1.82, 2.24) is 4.98 Å². The van der Waals surface area contributed by atoms with Crippen molar-refractivity contribution in [3.63, 3.8) is 0 Å². The summed E-state index contributed by atoms with van der Waals surface area (Å²) < 4.78 is 0. The van der Waals surface area contributed by atoms with E-state index in [2.05, 4.69) is 84.0 Å². The number of aryl methyl sites for hydroxylation is 4. The fraction of sp³-hybridized carbons (Fsp3) is 0.667. The van der Waals surface area contributed by atoms with Gasteiger partial charge in [-0.05, 0) is 112 Å². The smallest absolute Gasteiger partial charge is 0.677 e. The Balaban J connectivity index is 0.00000285. The topological polar surface area (TPSA) is 88.7 Å². The van der Waals surface area contributed by atoms with E-state index in [0.29, 0.717) is 0 Å². The third-order valence-electron chi connectivity index (χ3n) is 12.7. The van der Waals surface area contributed by atoms with Crippen LogP contribution in [0.2, 0.25) is 0 Å². The van der Waals surface area contributed by atoms with Gasteiger partial charge in [-0.15, -0.1) is 11.4 Å². The maximum atomic E-state index is 6.00. The van der Waals surface area contributed by atoms with E-state index >= 15 is 0 Å². The van der Waals surface area contributed by atoms with Crippen molar-refractivity contribution in [3.05, 3.63) is 97.9 Å². The van der Waals surface area contributed by atoms with Crippen LogP contribution in [0.25, 0.3) is 10.6 Å². The molecule has 2 aliphatic carbocycles. The van der Waals surface area contributed by atoms with Gasteiger partial charge in [0, 0.05) is 22.2 Å². The standard InChI is InChI=1S/C51H77N3.Fe.N2/c1-7-11-15-28-42-34-46(40-24-19-20-25-40)35-43(29-16-12-8-2)50(42)52-38(5)48-32-23-33-49(54-48)39(6)53-51-44(30-17-13-9-3)36-47(41-26-21-22-27-41)37-45(51)31-18-14-10-4;;1-2/h23,32-41H,7-22,24-31H2,1-6H3;;/q-2;+2;. The molecule has 0 amide bonds. The molecule has 3 aromatic rings. The quantitative estimate of drug-likeness (QED) is 0.0512. The van der Waals surface area contributed by atoms with E-state index in [9.17, 15) is 0 Å². The van der Waals surface area contributed by atoms with Crippen molar-refractivity contribution in [2.45, 2.75) is 220 Å². The SMILES string of the molecule is CCCCCc1cc(C2CCCC2)cc(CCCCC)c1[N-]C(C)c1cccc(C(C)[N-]c2c(CCCCC)cc(C3CCCC3)cc2CCCCC)n1.N#N.[Fe+2]. The summed E-state index contributed by atoms with van der Waals surface area (Å²) >= 11 is 0. The van der Waals surface area contributed by atoms with E-state index in [1.54, 1.807) is 11.1 Å². The summed E-state index contributed by atoms with van der Waals surface area (Å²) in [5.41, 5.74) is 13.8. The van der Waals surface area contributed by atoms with Crippen LogP contribution in [-0.2, 0) is 42.8 Å². The summed E-state index contributed by atoms with van der Waals surface area (Å²) in [7, 11) is 0. The van der Waals surface area contributed by atoms with Gasteiger partial charge in [0.1, 0.15) is 0 Å². The van der Waals surface area contributed by atoms with E-state index in [0.717, 1.165) is 48.9 Å². The number of hydrogen-bond donors (Lipinski definition) is 0. The van der Waals surface area contributed by atoms with E-state index < -0.39 is 0 Å². The molecule has 2 fully saturated rings. The van der Waals surface area contributed by atoms with Crippen LogP contribution in [0.5, 0.6) is 0 Å². The molecule has 0 aliphatic heterocycles. The summed E-state index contributed by atoms with van der Waals surface area (Å²) in [5, 5.41) is 23.2. The van der Waals surface area contributed by atoms with Crippen LogP contribution in [0.1, 0.15) is 239 Å². The van der Waals surface area contributed by atoms with Crippen molar-refractivity contribution in [2.75, 3.05) is 0 Å². The molecule has 0 radical (unpaired) electrons. The molecule has 314 valence electrons. The molecular formula is C51H77FeN5. The maximum absolute atomic E-state index is 6.00. The van der Waals surface area contributed by atoms with Gasteiger partial charge in [0.25, 0.3) is 0 Å². The van der Waals surface area contributed by atoms with Gasteiger partial charge in [-0.1, -0.05) is 183 Å². The first-order valence-electron chi connectivity index (χ1n) is 23.3. The van der Waals surface area contributed by atoms with Gasteiger partial charge in [0.2, 0.25) is 0 Å². The number of unbranched alkanes of at least 4 members (excludes halogenated alkanes) is 8. The minimum absolute atomic E-state index is 0. The van der Waals surface area contributed by atoms with Crippen LogP contribution in [0.15, 0.2) is 42.5 Å². The van der Waals surface area contributed by atoms with Crippen molar-refractivity contribution in [1.29, 1.82) is 10.8 Å². The van der Waals surface area contributed by atoms with Crippen LogP contribution in [0.3, 0.4) is 0 Å². The molecule has 0 saturated heterocycles. The molecule has 6 heteroatoms. The Kier molecular flexibility index (Phi) is 23.0. The molecule has 1 heterocycles. The Hall–Kier alpha value is -2.87. The zero-order valence-corrected chi connectivity index (χ0v) is 38.0. The predicted molar refractivity (Wildman–Crippen MR) is 239 cm³/mol. The monoisotopic (exact) mass is 816 g/mol. The number of pyridine rings is 1. The first kappa shape index (κ1) is 48.5. The van der Waals surface area contributed by atoms with Gasteiger partial charge in [-0.2, -0.15) is 0 Å². The first-order valence-corrected chi connectivity index (χ1v) is 23.3. The molecule has 0 bridgehead atoms. The second-order valence-corrected chi connectivity index (χ2v) is 17.3. The van der Waals surface area contributed by atoms with E-state index in [1.807, 2.05) is 0 Å². The summed E-state index contributed by atoms with van der Waals surface area (Å²) in [4.78, 5) is 5.36. The normalized spacial score (nSPS) is 15.4. The Labute approximate surface area is 360 Å². The first-order chi connectivity index (χ1) is 27.4. The molecule has 2 unspecified atom stereocenters. The van der Waals surface area contributed by atoms with Crippen molar-refractivity contribution < 1.29 is 17.1 Å². The second-order valence-electron chi connectivity index (χ2n) is 17.3. The fourth-order valence-electron chi connectivity index (χ4n) is 9.37. The zero-order valence-electron chi connectivity index (χ0n) is 36.9. The molecule has 2 atom stereocenters. The molecular weight excluding hydrogens is 738 g/mol. The van der Waals surface area contributed by atoms with Gasteiger partial charge in [-0.3, -0.25) is 4.98 Å². The zero-order chi connectivity index (χ0) is 40.1. The molecule has 2 saturated carbocycles. The predicted octanol–water partition coefficient (Wildman–Crippen LogP) is 16.9. The third-order valence-corrected chi connectivity index (χ3v) is 12.7. The van der Waals surface area contributed by atoms with Gasteiger partial charge in [0.05, 0.1) is 0 Å². The fourth-order valence-corrected chi connectivity index (χ4v) is 9.37. The largest absolute Gasteiger partial charge is 2.00 e. The second kappa shape index (κ2) is 27.0. The van der Waals surface area contributed by atoms with Crippen molar-refractivity contribution in [2.24, 2.45) is 0 Å². The summed E-state index contributed by atoms with van der Waals surface area (Å²) in [6.45, 7) is 13.8. The van der Waals surface area contributed by atoms with Crippen molar-refractivity contribution in [3.8, 4) is 0 Å². The van der Waals surface area contributed by atoms with Gasteiger partial charge in [0.15, 0.2) is 0 Å². The van der Waals surface area contributed by atoms with Crippen LogP contribution in [0, 0.1) is 10.8 Å². The molecule has 57 heavy (non-hydrogen) atoms. The van der Waals surface area contributed by atoms with Crippen LogP contribution < -0.4 is 0 Å². The molecule has 1 aromatic heterocycles. The van der Waals surface area contributed by atoms with E-state index in [-0.39, 0.29) is 29.2 Å². The number of hydrogen-bond acceptors (Lipinski definition) is 3. The van der Waals surface area contributed by atoms with Gasteiger partial charge in [-0.25, -0.2) is 0 Å². The van der Waals surface area contributed by atoms with Crippen molar-refractivity contribution >= 4 is 11.4 Å². The minimum Gasteiger partial charge on any atom is -0.677 e. The minimum atomic E-state index is -0.00997. The Morgan fingerprint density at radius 1 is 0.526 bits per heavy atom. The molecule has 2 aliphatic rings. The Bertz CT molecular complexity index is 1410. The van der Waals surface area contributed by atoms with E-state index in [1.165, 1.54) is 162 Å². The van der Waals surface area contributed by atoms with E-state index in [4.69, 9.17) is 26.4 Å². The average molecular weight is 816 g/mol. The van der Waals surface area contributed by atoms with Crippen LogP contribution in [-0.4, -0.2) is 4.98 Å². The maximum Gasteiger partial charge on any atom is 2.00 e. The number of benzene rings is 2. The molecule has 0 N–H and O–H groups in total. The molecule has 5 nitrogen and oxygen atoms in total. The van der Waals surface area contributed by atoms with Crippen LogP contribution >= 0.6 is 0 Å². The Morgan fingerprint density at radius 2 is 0.825 bits per heavy atom. The van der Waals surface area contributed by atoms with Gasteiger partial charge >= 0.3 is 17.1 Å². The number of nitrogens with zero attached hydrogens (tertiary/aromatic N) is 5. The molecule has 0 spiro atoms.